The number of carbonyl (C=O) groups excluding carboxylic acids is 1. The minimum absolute atomic E-state index is 0.0707. The van der Waals surface area contributed by atoms with Gasteiger partial charge in [0.2, 0.25) is 5.78 Å². The standard InChI is InChI=1S/C28H25NO2/c30-27(24-15-7-2-8-16-24)28(25-17-9-3-10-18-25,22-29-26-19-11-4-12-20-26)31-21-23-13-5-1-6-14-23/h1-20,29H,21-22H2/t28-/m1/s1. The first-order valence-corrected chi connectivity index (χ1v) is 10.4. The minimum Gasteiger partial charge on any atom is -0.381 e. The van der Waals surface area contributed by atoms with Crippen LogP contribution in [0.5, 0.6) is 0 Å². The maximum atomic E-state index is 13.9. The molecule has 154 valence electrons. The first-order chi connectivity index (χ1) is 15.3. The van der Waals surface area contributed by atoms with E-state index in [1.807, 2.05) is 121 Å². The lowest BCUT2D eigenvalue weighted by Gasteiger charge is -2.34. The summed E-state index contributed by atoms with van der Waals surface area (Å²) < 4.78 is 6.53. The van der Waals surface area contributed by atoms with Crippen molar-refractivity contribution in [1.29, 1.82) is 0 Å². The predicted octanol–water partition coefficient (Wildman–Crippen LogP) is 6.09. The van der Waals surface area contributed by atoms with Crippen molar-refractivity contribution in [2.45, 2.75) is 12.2 Å². The molecule has 3 nitrogen and oxygen atoms in total. The number of rotatable bonds is 9. The molecule has 0 aliphatic rings. The third-order valence-corrected chi connectivity index (χ3v) is 5.29. The fourth-order valence-electron chi connectivity index (χ4n) is 3.61. The van der Waals surface area contributed by atoms with Crippen LogP contribution in [0, 0.1) is 0 Å². The van der Waals surface area contributed by atoms with Gasteiger partial charge in [-0.25, -0.2) is 0 Å². The molecule has 1 atom stereocenters. The summed E-state index contributed by atoms with van der Waals surface area (Å²) in [5, 5.41) is 3.43. The molecule has 0 saturated heterocycles. The Bertz CT molecular complexity index is 1040. The highest BCUT2D eigenvalue weighted by molar-refractivity contribution is 6.03. The van der Waals surface area contributed by atoms with E-state index in [1.165, 1.54) is 0 Å². The fourth-order valence-corrected chi connectivity index (χ4v) is 3.61. The molecule has 0 fully saturated rings. The third-order valence-electron chi connectivity index (χ3n) is 5.29. The summed E-state index contributed by atoms with van der Waals surface area (Å²) in [7, 11) is 0. The van der Waals surface area contributed by atoms with Crippen LogP contribution < -0.4 is 5.32 Å². The Morgan fingerprint density at radius 1 is 0.677 bits per heavy atom. The molecule has 0 saturated carbocycles. The van der Waals surface area contributed by atoms with Gasteiger partial charge in [-0.1, -0.05) is 109 Å². The Labute approximate surface area is 183 Å². The molecule has 1 N–H and O–H groups in total. The molecule has 0 unspecified atom stereocenters. The zero-order valence-electron chi connectivity index (χ0n) is 17.3. The van der Waals surface area contributed by atoms with E-state index in [1.54, 1.807) is 0 Å². The SMILES string of the molecule is O=C(c1ccccc1)[C@](CNc1ccccc1)(OCc1ccccc1)c1ccccc1. The van der Waals surface area contributed by atoms with Crippen LogP contribution in [0.2, 0.25) is 0 Å². The van der Waals surface area contributed by atoms with E-state index in [4.69, 9.17) is 4.74 Å². The molecule has 0 aliphatic carbocycles. The summed E-state index contributed by atoms with van der Waals surface area (Å²) in [4.78, 5) is 13.9. The van der Waals surface area contributed by atoms with Gasteiger partial charge >= 0.3 is 0 Å². The van der Waals surface area contributed by atoms with Crippen molar-refractivity contribution in [1.82, 2.24) is 0 Å². The Kier molecular flexibility index (Phi) is 6.56. The van der Waals surface area contributed by atoms with Crippen molar-refractivity contribution in [3.63, 3.8) is 0 Å². The van der Waals surface area contributed by atoms with E-state index >= 15 is 0 Å². The van der Waals surface area contributed by atoms with E-state index in [0.29, 0.717) is 18.7 Å². The monoisotopic (exact) mass is 407 g/mol. The van der Waals surface area contributed by atoms with Crippen LogP contribution >= 0.6 is 0 Å². The topological polar surface area (TPSA) is 38.3 Å². The van der Waals surface area contributed by atoms with Gasteiger partial charge in [-0.15, -0.1) is 0 Å². The molecule has 31 heavy (non-hydrogen) atoms. The molecule has 0 heterocycles. The van der Waals surface area contributed by atoms with Gasteiger partial charge in [-0.05, 0) is 23.3 Å². The van der Waals surface area contributed by atoms with Crippen molar-refractivity contribution in [3.8, 4) is 0 Å². The number of ketones is 1. The minimum atomic E-state index is -1.19. The molecule has 0 bridgehead atoms. The van der Waals surface area contributed by atoms with Crippen molar-refractivity contribution in [3.05, 3.63) is 138 Å². The van der Waals surface area contributed by atoms with Gasteiger partial charge in [0, 0.05) is 11.3 Å². The maximum Gasteiger partial charge on any atom is 0.201 e. The quantitative estimate of drug-likeness (QED) is 0.341. The number of Topliss-reactive ketones (excluding diaryl/α,β-unsaturated/α-hetero) is 1. The number of hydrogen-bond donors (Lipinski definition) is 1. The third kappa shape index (κ3) is 4.90. The van der Waals surface area contributed by atoms with Crippen LogP contribution in [0.15, 0.2) is 121 Å². The highest BCUT2D eigenvalue weighted by Crippen LogP contribution is 2.32. The van der Waals surface area contributed by atoms with Crippen LogP contribution in [0.4, 0.5) is 5.69 Å². The van der Waals surface area contributed by atoms with Crippen molar-refractivity contribution < 1.29 is 9.53 Å². The molecular formula is C28H25NO2. The first-order valence-electron chi connectivity index (χ1n) is 10.4. The fraction of sp³-hybridized carbons (Fsp3) is 0.107. The van der Waals surface area contributed by atoms with Gasteiger partial charge in [-0.3, -0.25) is 4.79 Å². The van der Waals surface area contributed by atoms with Crippen LogP contribution in [0.25, 0.3) is 0 Å². The number of ether oxygens (including phenoxy) is 1. The lowest BCUT2D eigenvalue weighted by atomic mass is 9.85. The normalized spacial score (nSPS) is 12.6. The van der Waals surface area contributed by atoms with Gasteiger partial charge in [0.05, 0.1) is 13.2 Å². The summed E-state index contributed by atoms with van der Waals surface area (Å²) in [6.45, 7) is 0.631. The second kappa shape index (κ2) is 9.88. The van der Waals surface area contributed by atoms with Gasteiger partial charge in [0.25, 0.3) is 0 Å². The average molecular weight is 408 g/mol. The van der Waals surface area contributed by atoms with E-state index in [2.05, 4.69) is 5.32 Å². The van der Waals surface area contributed by atoms with Crippen LogP contribution in [0.3, 0.4) is 0 Å². The average Bonchev–Trinajstić information content (AvgIpc) is 2.86. The highest BCUT2D eigenvalue weighted by atomic mass is 16.5. The molecule has 0 radical (unpaired) electrons. The summed E-state index contributed by atoms with van der Waals surface area (Å²) in [5.74, 6) is -0.0707. The number of anilines is 1. The molecule has 0 aromatic heterocycles. The van der Waals surface area contributed by atoms with Crippen LogP contribution in [-0.2, 0) is 16.9 Å². The van der Waals surface area contributed by atoms with Crippen molar-refractivity contribution >= 4 is 11.5 Å². The van der Waals surface area contributed by atoms with Gasteiger partial charge in [-0.2, -0.15) is 0 Å². The largest absolute Gasteiger partial charge is 0.381 e. The van der Waals surface area contributed by atoms with Crippen LogP contribution in [-0.4, -0.2) is 12.3 Å². The number of carbonyl (C=O) groups is 1. The first kappa shape index (κ1) is 20.6. The molecule has 4 rings (SSSR count). The van der Waals surface area contributed by atoms with Crippen molar-refractivity contribution in [2.24, 2.45) is 0 Å². The molecule has 0 spiro atoms. The molecule has 0 aliphatic heterocycles. The van der Waals surface area contributed by atoms with E-state index < -0.39 is 5.60 Å². The van der Waals surface area contributed by atoms with Crippen LogP contribution in [0.1, 0.15) is 21.5 Å². The second-order valence-electron chi connectivity index (χ2n) is 7.38. The summed E-state index contributed by atoms with van der Waals surface area (Å²) >= 11 is 0. The van der Waals surface area contributed by atoms with Gasteiger partial charge < -0.3 is 10.1 Å². The van der Waals surface area contributed by atoms with Crippen molar-refractivity contribution in [2.75, 3.05) is 11.9 Å². The Morgan fingerprint density at radius 3 is 1.81 bits per heavy atom. The lowest BCUT2D eigenvalue weighted by molar-refractivity contribution is -0.0312. The van der Waals surface area contributed by atoms with E-state index in [9.17, 15) is 4.79 Å². The molecule has 4 aromatic rings. The summed E-state index contributed by atoms with van der Waals surface area (Å²) in [5.41, 5.74) is 2.21. The predicted molar refractivity (Wildman–Crippen MR) is 125 cm³/mol. The molecule has 3 heteroatoms. The van der Waals surface area contributed by atoms with E-state index in [0.717, 1.165) is 16.8 Å². The molecular weight excluding hydrogens is 382 g/mol. The van der Waals surface area contributed by atoms with E-state index in [-0.39, 0.29) is 5.78 Å². The summed E-state index contributed by atoms with van der Waals surface area (Å²) in [6.07, 6.45) is 0. The summed E-state index contributed by atoms with van der Waals surface area (Å²) in [6, 6.07) is 38.9. The molecule has 4 aromatic carbocycles. The number of hydrogen-bond acceptors (Lipinski definition) is 3. The second-order valence-corrected chi connectivity index (χ2v) is 7.38. The zero-order chi connectivity index (χ0) is 21.4. The Hall–Kier alpha value is -3.69. The number of para-hydroxylation sites is 1. The zero-order valence-corrected chi connectivity index (χ0v) is 17.3. The lowest BCUT2D eigenvalue weighted by Crippen LogP contribution is -2.45. The number of nitrogens with one attached hydrogen (secondary N) is 1. The Balaban J connectivity index is 1.75. The highest BCUT2D eigenvalue weighted by Gasteiger charge is 2.42. The van der Waals surface area contributed by atoms with Gasteiger partial charge in [0.1, 0.15) is 0 Å². The smallest absolute Gasteiger partial charge is 0.201 e. The maximum absolute atomic E-state index is 13.9. The number of benzene rings is 4. The Morgan fingerprint density at radius 2 is 1.19 bits per heavy atom. The molecule has 0 amide bonds. The van der Waals surface area contributed by atoms with Gasteiger partial charge in [0.15, 0.2) is 5.60 Å².